The zero-order valence-electron chi connectivity index (χ0n) is 14.1. The van der Waals surface area contributed by atoms with Gasteiger partial charge in [-0.25, -0.2) is 8.42 Å². The van der Waals surface area contributed by atoms with Gasteiger partial charge >= 0.3 is 0 Å². The number of rotatable bonds is 3. The molecule has 26 heavy (non-hydrogen) atoms. The number of nitriles is 1. The van der Waals surface area contributed by atoms with Gasteiger partial charge in [0.2, 0.25) is 5.88 Å². The van der Waals surface area contributed by atoms with Gasteiger partial charge in [-0.3, -0.25) is 14.4 Å². The molecule has 2 heterocycles. The molecule has 0 aliphatic carbocycles. The minimum atomic E-state index is -3.26. The first-order valence-electron chi connectivity index (χ1n) is 8.02. The van der Waals surface area contributed by atoms with Gasteiger partial charge in [-0.05, 0) is 31.0 Å². The van der Waals surface area contributed by atoms with Crippen LogP contribution in [0.2, 0.25) is 0 Å². The molecule has 134 valence electrons. The summed E-state index contributed by atoms with van der Waals surface area (Å²) in [5.41, 5.74) is 0.384. The van der Waals surface area contributed by atoms with Gasteiger partial charge in [0, 0.05) is 6.21 Å². The Morgan fingerprint density at radius 1 is 1.35 bits per heavy atom. The Morgan fingerprint density at radius 3 is 2.62 bits per heavy atom. The monoisotopic (exact) mass is 371 g/mol. The van der Waals surface area contributed by atoms with Crippen LogP contribution in [0.3, 0.4) is 0 Å². The van der Waals surface area contributed by atoms with Crippen molar-refractivity contribution >= 4 is 21.7 Å². The summed E-state index contributed by atoms with van der Waals surface area (Å²) in [7, 11) is -3.26. The van der Waals surface area contributed by atoms with Crippen LogP contribution in [0.25, 0.3) is 0 Å². The van der Waals surface area contributed by atoms with Gasteiger partial charge in [0.1, 0.15) is 11.6 Å². The van der Waals surface area contributed by atoms with Crippen molar-refractivity contribution in [3.63, 3.8) is 0 Å². The van der Waals surface area contributed by atoms with Crippen molar-refractivity contribution in [2.45, 2.75) is 19.4 Å². The first kappa shape index (κ1) is 17.9. The van der Waals surface area contributed by atoms with Gasteiger partial charge in [-0.2, -0.15) is 5.26 Å². The molecule has 0 radical (unpaired) electrons. The number of aromatic hydroxyl groups is 1. The van der Waals surface area contributed by atoms with Crippen molar-refractivity contribution in [1.29, 1.82) is 5.26 Å². The highest BCUT2D eigenvalue weighted by Crippen LogP contribution is 2.29. The van der Waals surface area contributed by atoms with E-state index in [1.54, 1.807) is 19.1 Å². The minimum Gasteiger partial charge on any atom is -0.494 e. The molecule has 1 fully saturated rings. The molecule has 0 spiro atoms. The number of pyridine rings is 1. The lowest BCUT2D eigenvalue weighted by molar-refractivity contribution is 0.379. The van der Waals surface area contributed by atoms with Crippen molar-refractivity contribution in [2.24, 2.45) is 4.99 Å². The zero-order valence-corrected chi connectivity index (χ0v) is 14.9. The predicted octanol–water partition coefficient (Wildman–Crippen LogP) is 1.84. The van der Waals surface area contributed by atoms with Crippen molar-refractivity contribution in [1.82, 2.24) is 4.57 Å². The van der Waals surface area contributed by atoms with Crippen LogP contribution in [0.15, 0.2) is 40.1 Å². The summed E-state index contributed by atoms with van der Waals surface area (Å²) < 4.78 is 24.5. The van der Waals surface area contributed by atoms with Crippen LogP contribution in [0, 0.1) is 18.3 Å². The zero-order chi connectivity index (χ0) is 18.9. The smallest absolute Gasteiger partial charge is 0.271 e. The molecule has 8 heteroatoms. The predicted molar refractivity (Wildman–Crippen MR) is 97.8 cm³/mol. The normalized spacial score (nSPS) is 18.8. The second-order valence-electron chi connectivity index (χ2n) is 6.17. The molecule has 1 aromatic carbocycles. The maximum Gasteiger partial charge on any atom is 0.271 e. The van der Waals surface area contributed by atoms with Gasteiger partial charge in [0.05, 0.1) is 28.8 Å². The largest absolute Gasteiger partial charge is 0.494 e. The van der Waals surface area contributed by atoms with Crippen LogP contribution in [0.1, 0.15) is 29.2 Å². The van der Waals surface area contributed by atoms with E-state index >= 15 is 0 Å². The lowest BCUT2D eigenvalue weighted by Crippen LogP contribution is -2.29. The van der Waals surface area contributed by atoms with Crippen molar-refractivity contribution in [3.8, 4) is 11.9 Å². The molecular formula is C18H17N3O4S. The molecule has 0 saturated carbocycles. The molecule has 2 aromatic rings. The fourth-order valence-corrected chi connectivity index (χ4v) is 4.77. The third-order valence-corrected chi connectivity index (χ3v) is 6.22. The average Bonchev–Trinajstić information content (AvgIpc) is 2.95. The van der Waals surface area contributed by atoms with E-state index in [0.29, 0.717) is 11.3 Å². The van der Waals surface area contributed by atoms with Crippen LogP contribution in [-0.4, -0.2) is 35.8 Å². The maximum atomic E-state index is 12.6. The van der Waals surface area contributed by atoms with Crippen LogP contribution < -0.4 is 5.56 Å². The maximum absolute atomic E-state index is 12.6. The Labute approximate surface area is 150 Å². The Balaban J connectivity index is 2.16. The molecule has 1 atom stereocenters. The average molecular weight is 371 g/mol. The fraction of sp³-hybridized carbons (Fsp3) is 0.278. The number of hydrogen-bond acceptors (Lipinski definition) is 6. The lowest BCUT2D eigenvalue weighted by atomic mass is 10.0. The highest BCUT2D eigenvalue weighted by Gasteiger charge is 2.33. The third-order valence-electron chi connectivity index (χ3n) is 4.47. The molecule has 0 unspecified atom stereocenters. The second-order valence-corrected chi connectivity index (χ2v) is 8.40. The summed E-state index contributed by atoms with van der Waals surface area (Å²) >= 11 is 0. The van der Waals surface area contributed by atoms with Crippen LogP contribution >= 0.6 is 0 Å². The third kappa shape index (κ3) is 3.26. The number of aromatic nitrogens is 1. The van der Waals surface area contributed by atoms with Gasteiger partial charge in [-0.15, -0.1) is 0 Å². The van der Waals surface area contributed by atoms with E-state index in [9.17, 15) is 23.6 Å². The molecule has 0 amide bonds. The summed E-state index contributed by atoms with van der Waals surface area (Å²) in [5.74, 6) is -0.649. The van der Waals surface area contributed by atoms with Gasteiger partial charge in [0.15, 0.2) is 9.84 Å². The summed E-state index contributed by atoms with van der Waals surface area (Å²) in [5, 5.41) is 20.0. The number of sulfone groups is 1. The molecule has 3 rings (SSSR count). The Morgan fingerprint density at radius 2 is 2.04 bits per heavy atom. The molecule has 1 aliphatic rings. The van der Waals surface area contributed by atoms with E-state index in [2.05, 4.69) is 4.99 Å². The highest BCUT2D eigenvalue weighted by atomic mass is 32.2. The Kier molecular flexibility index (Phi) is 4.66. The van der Waals surface area contributed by atoms with Crippen LogP contribution in [0.5, 0.6) is 5.88 Å². The highest BCUT2D eigenvalue weighted by molar-refractivity contribution is 7.91. The Bertz CT molecular complexity index is 1080. The van der Waals surface area contributed by atoms with Crippen molar-refractivity contribution in [3.05, 3.63) is 57.4 Å². The van der Waals surface area contributed by atoms with E-state index in [4.69, 9.17) is 0 Å². The Hall–Kier alpha value is -2.92. The topological polar surface area (TPSA) is 113 Å². The van der Waals surface area contributed by atoms with E-state index < -0.39 is 21.4 Å². The molecular weight excluding hydrogens is 354 g/mol. The summed E-state index contributed by atoms with van der Waals surface area (Å²) in [6.45, 7) is 1.56. The number of para-hydroxylation sites is 1. The standard InChI is InChI=1S/C18H17N3O4S/c1-12-15(9-19)17(22)21(14-7-8-26(24,25)11-14)18(23)16(12)10-20-13-5-3-2-4-6-13/h2-6,10,14,23H,7-8,11H2,1H3/t14-/m0/s1. The number of aliphatic imine (C=N–C) groups is 1. The SMILES string of the molecule is Cc1c(C=Nc2ccccc2)c(O)n([C@H]2CCS(=O)(=O)C2)c(=O)c1C#N. The molecule has 1 N–H and O–H groups in total. The van der Waals surface area contributed by atoms with E-state index in [-0.39, 0.29) is 34.9 Å². The molecule has 0 bridgehead atoms. The first-order chi connectivity index (χ1) is 12.3. The summed E-state index contributed by atoms with van der Waals surface area (Å²) in [6.07, 6.45) is 1.61. The van der Waals surface area contributed by atoms with Gasteiger partial charge < -0.3 is 5.11 Å². The number of nitrogens with zero attached hydrogens (tertiary/aromatic N) is 3. The van der Waals surface area contributed by atoms with Gasteiger partial charge in [0.25, 0.3) is 5.56 Å². The van der Waals surface area contributed by atoms with Crippen LogP contribution in [0.4, 0.5) is 5.69 Å². The minimum absolute atomic E-state index is 0.0489. The summed E-state index contributed by atoms with van der Waals surface area (Å²) in [6, 6.07) is 10.2. The molecule has 1 aromatic heterocycles. The molecule has 7 nitrogen and oxygen atoms in total. The number of benzene rings is 1. The summed E-state index contributed by atoms with van der Waals surface area (Å²) in [4.78, 5) is 16.9. The number of hydrogen-bond donors (Lipinski definition) is 1. The van der Waals surface area contributed by atoms with E-state index in [0.717, 1.165) is 4.57 Å². The lowest BCUT2D eigenvalue weighted by Gasteiger charge is -2.18. The van der Waals surface area contributed by atoms with Gasteiger partial charge in [-0.1, -0.05) is 18.2 Å². The second kappa shape index (κ2) is 6.77. The molecule has 1 aliphatic heterocycles. The van der Waals surface area contributed by atoms with Crippen molar-refractivity contribution in [2.75, 3.05) is 11.5 Å². The molecule has 1 saturated heterocycles. The first-order valence-corrected chi connectivity index (χ1v) is 9.84. The fourth-order valence-electron chi connectivity index (χ4n) is 3.07. The quantitative estimate of drug-likeness (QED) is 0.827. The van der Waals surface area contributed by atoms with Crippen molar-refractivity contribution < 1.29 is 13.5 Å². The van der Waals surface area contributed by atoms with E-state index in [1.165, 1.54) is 6.21 Å². The van der Waals surface area contributed by atoms with E-state index in [1.807, 2.05) is 24.3 Å². The van der Waals surface area contributed by atoms with Crippen LogP contribution in [-0.2, 0) is 9.84 Å².